The van der Waals surface area contributed by atoms with Crippen LogP contribution in [0.1, 0.15) is 18.5 Å². The minimum absolute atomic E-state index is 0.0238. The van der Waals surface area contributed by atoms with Crippen molar-refractivity contribution in [2.24, 2.45) is 0 Å². The largest absolute Gasteiger partial charge is 0.493 e. The van der Waals surface area contributed by atoms with Gasteiger partial charge in [0.25, 0.3) is 0 Å². The number of nitrogens with one attached hydrogen (secondary N) is 1. The van der Waals surface area contributed by atoms with E-state index in [4.69, 9.17) is 9.47 Å². The maximum absolute atomic E-state index is 12.5. The molecular formula is C16H20N4O3S. The molecule has 0 aromatic carbocycles. The van der Waals surface area contributed by atoms with Gasteiger partial charge in [-0.25, -0.2) is 4.98 Å². The smallest absolute Gasteiger partial charge is 0.243 e. The molecule has 24 heavy (non-hydrogen) atoms. The molecule has 3 heterocycles. The van der Waals surface area contributed by atoms with Gasteiger partial charge in [0.1, 0.15) is 5.69 Å². The van der Waals surface area contributed by atoms with Crippen LogP contribution in [0.15, 0.2) is 23.8 Å². The number of carbonyl (C=O) groups excluding carboxylic acids is 1. The number of hydrogen-bond donors (Lipinski definition) is 1. The van der Waals surface area contributed by atoms with Crippen LogP contribution in [0, 0.1) is 0 Å². The third-order valence-corrected chi connectivity index (χ3v) is 4.74. The molecule has 1 aliphatic heterocycles. The summed E-state index contributed by atoms with van der Waals surface area (Å²) in [6.45, 7) is 1.38. The fourth-order valence-electron chi connectivity index (χ4n) is 2.94. The van der Waals surface area contributed by atoms with Gasteiger partial charge in [-0.3, -0.25) is 14.7 Å². The lowest BCUT2D eigenvalue weighted by Crippen LogP contribution is -2.39. The van der Waals surface area contributed by atoms with E-state index in [1.54, 1.807) is 32.7 Å². The Morgan fingerprint density at radius 3 is 2.96 bits per heavy atom. The maximum Gasteiger partial charge on any atom is 0.243 e. The normalized spacial score (nSPS) is 17.7. The molecule has 0 unspecified atom stereocenters. The summed E-state index contributed by atoms with van der Waals surface area (Å²) in [6.07, 6.45) is 5.17. The standard InChI is InChI=1S/C16H20N4O3S/c1-22-13-5-6-17-11(14(13)23-2)10-20-8-3-4-12(20)15(21)19-16-18-7-9-24-16/h5-7,9,12H,3-4,8,10H2,1-2H3,(H,18,19,21)/t12-/m1/s1. The lowest BCUT2D eigenvalue weighted by Gasteiger charge is -2.24. The van der Waals surface area contributed by atoms with Crippen molar-refractivity contribution >= 4 is 22.4 Å². The Kier molecular flexibility index (Phi) is 5.27. The Hall–Kier alpha value is -2.19. The molecule has 128 valence electrons. The zero-order valence-corrected chi connectivity index (χ0v) is 14.5. The molecular weight excluding hydrogens is 328 g/mol. The third-order valence-electron chi connectivity index (χ3n) is 4.05. The van der Waals surface area contributed by atoms with E-state index in [-0.39, 0.29) is 11.9 Å². The topological polar surface area (TPSA) is 76.6 Å². The molecule has 1 aliphatic rings. The highest BCUT2D eigenvalue weighted by molar-refractivity contribution is 7.13. The first kappa shape index (κ1) is 16.7. The zero-order valence-electron chi connectivity index (χ0n) is 13.7. The summed E-state index contributed by atoms with van der Waals surface area (Å²) in [5.41, 5.74) is 0.769. The van der Waals surface area contributed by atoms with Crippen LogP contribution in [0.2, 0.25) is 0 Å². The van der Waals surface area contributed by atoms with Crippen LogP contribution in [-0.4, -0.2) is 47.6 Å². The van der Waals surface area contributed by atoms with Crippen LogP contribution >= 0.6 is 11.3 Å². The number of ether oxygens (including phenoxy) is 2. The molecule has 8 heteroatoms. The Morgan fingerprint density at radius 1 is 1.38 bits per heavy atom. The third kappa shape index (κ3) is 3.49. The number of aromatic nitrogens is 2. The molecule has 0 aliphatic carbocycles. The predicted octanol–water partition coefficient (Wildman–Crippen LogP) is 2.16. The average molecular weight is 348 g/mol. The fraction of sp³-hybridized carbons (Fsp3) is 0.438. The summed E-state index contributed by atoms with van der Waals surface area (Å²) in [6, 6.07) is 1.57. The van der Waals surface area contributed by atoms with Gasteiger partial charge in [0, 0.05) is 30.4 Å². The maximum atomic E-state index is 12.5. The molecule has 3 rings (SSSR count). The minimum atomic E-state index is -0.188. The highest BCUT2D eigenvalue weighted by Crippen LogP contribution is 2.31. The lowest BCUT2D eigenvalue weighted by molar-refractivity contribution is -0.120. The lowest BCUT2D eigenvalue weighted by atomic mass is 10.2. The Morgan fingerprint density at radius 2 is 2.25 bits per heavy atom. The second kappa shape index (κ2) is 7.59. The highest BCUT2D eigenvalue weighted by atomic mass is 32.1. The number of pyridine rings is 1. The van der Waals surface area contributed by atoms with Crippen LogP contribution in [-0.2, 0) is 11.3 Å². The van der Waals surface area contributed by atoms with Crippen molar-refractivity contribution in [2.75, 3.05) is 26.1 Å². The summed E-state index contributed by atoms with van der Waals surface area (Å²) >= 11 is 1.42. The van der Waals surface area contributed by atoms with Crippen LogP contribution in [0.3, 0.4) is 0 Å². The molecule has 1 N–H and O–H groups in total. The number of anilines is 1. The van der Waals surface area contributed by atoms with Gasteiger partial charge in [-0.1, -0.05) is 0 Å². The second-order valence-corrected chi connectivity index (χ2v) is 6.34. The van der Waals surface area contributed by atoms with E-state index in [0.717, 1.165) is 25.1 Å². The van der Waals surface area contributed by atoms with Gasteiger partial charge in [-0.05, 0) is 19.4 Å². The first-order valence-corrected chi connectivity index (χ1v) is 8.61. The average Bonchev–Trinajstić information content (AvgIpc) is 3.26. The second-order valence-electron chi connectivity index (χ2n) is 5.45. The Bertz CT molecular complexity index is 693. The van der Waals surface area contributed by atoms with E-state index >= 15 is 0 Å². The summed E-state index contributed by atoms with van der Waals surface area (Å²) < 4.78 is 10.8. The highest BCUT2D eigenvalue weighted by Gasteiger charge is 2.32. The van der Waals surface area contributed by atoms with Crippen molar-refractivity contribution in [3.05, 3.63) is 29.5 Å². The van der Waals surface area contributed by atoms with Crippen molar-refractivity contribution in [1.29, 1.82) is 0 Å². The number of amides is 1. The van der Waals surface area contributed by atoms with E-state index in [1.807, 2.05) is 5.38 Å². The molecule has 0 saturated carbocycles. The molecule has 0 spiro atoms. The van der Waals surface area contributed by atoms with Gasteiger partial charge >= 0.3 is 0 Å². The number of rotatable bonds is 6. The van der Waals surface area contributed by atoms with Crippen LogP contribution in [0.25, 0.3) is 0 Å². The van der Waals surface area contributed by atoms with E-state index in [1.165, 1.54) is 11.3 Å². The molecule has 1 saturated heterocycles. The van der Waals surface area contributed by atoms with Crippen LogP contribution in [0.4, 0.5) is 5.13 Å². The van der Waals surface area contributed by atoms with Crippen molar-refractivity contribution in [1.82, 2.24) is 14.9 Å². The van der Waals surface area contributed by atoms with E-state index < -0.39 is 0 Å². The van der Waals surface area contributed by atoms with Gasteiger partial charge in [0.05, 0.1) is 20.3 Å². The number of nitrogens with zero attached hydrogens (tertiary/aromatic N) is 3. The monoisotopic (exact) mass is 348 g/mol. The SMILES string of the molecule is COc1ccnc(CN2CCC[C@@H]2C(=O)Nc2nccs2)c1OC. The Balaban J connectivity index is 1.73. The van der Waals surface area contributed by atoms with Crippen molar-refractivity contribution in [3.8, 4) is 11.5 Å². The van der Waals surface area contributed by atoms with Gasteiger partial charge in [0.2, 0.25) is 5.91 Å². The van der Waals surface area contributed by atoms with E-state index in [0.29, 0.717) is 23.2 Å². The number of thiazole rings is 1. The van der Waals surface area contributed by atoms with Gasteiger partial charge in [-0.15, -0.1) is 11.3 Å². The molecule has 0 bridgehead atoms. The van der Waals surface area contributed by atoms with Gasteiger partial charge in [0.15, 0.2) is 16.6 Å². The van der Waals surface area contributed by atoms with Crippen molar-refractivity contribution < 1.29 is 14.3 Å². The summed E-state index contributed by atoms with van der Waals surface area (Å²) in [5, 5.41) is 5.35. The molecule has 1 fully saturated rings. The first-order valence-electron chi connectivity index (χ1n) is 7.73. The quantitative estimate of drug-likeness (QED) is 0.862. The summed E-state index contributed by atoms with van der Waals surface area (Å²) in [5.74, 6) is 1.24. The van der Waals surface area contributed by atoms with Crippen molar-refractivity contribution in [3.63, 3.8) is 0 Å². The molecule has 2 aromatic rings. The molecule has 1 amide bonds. The number of hydrogen-bond acceptors (Lipinski definition) is 7. The van der Waals surface area contributed by atoms with Gasteiger partial charge < -0.3 is 14.8 Å². The number of likely N-dealkylation sites (tertiary alicyclic amines) is 1. The first-order chi connectivity index (χ1) is 11.7. The molecule has 2 aromatic heterocycles. The van der Waals surface area contributed by atoms with Crippen LogP contribution < -0.4 is 14.8 Å². The molecule has 0 radical (unpaired) electrons. The predicted molar refractivity (Wildman–Crippen MR) is 91.5 cm³/mol. The van der Waals surface area contributed by atoms with E-state index in [2.05, 4.69) is 20.2 Å². The fourth-order valence-corrected chi connectivity index (χ4v) is 3.47. The zero-order chi connectivity index (χ0) is 16.9. The molecule has 1 atom stereocenters. The summed E-state index contributed by atoms with van der Waals surface area (Å²) in [7, 11) is 3.20. The van der Waals surface area contributed by atoms with E-state index in [9.17, 15) is 4.79 Å². The number of carbonyl (C=O) groups is 1. The molecule has 7 nitrogen and oxygen atoms in total. The minimum Gasteiger partial charge on any atom is -0.493 e. The number of methoxy groups -OCH3 is 2. The van der Waals surface area contributed by atoms with Crippen LogP contribution in [0.5, 0.6) is 11.5 Å². The van der Waals surface area contributed by atoms with Gasteiger partial charge in [-0.2, -0.15) is 0 Å². The van der Waals surface area contributed by atoms with Crippen molar-refractivity contribution in [2.45, 2.75) is 25.4 Å². The Labute approximate surface area is 144 Å². The summed E-state index contributed by atoms with van der Waals surface area (Å²) in [4.78, 5) is 23.2.